The molecule has 1 atom stereocenters. The quantitative estimate of drug-likeness (QED) is 0.836. The number of benzene rings is 2. The molecule has 0 aromatic heterocycles. The van der Waals surface area contributed by atoms with Crippen molar-refractivity contribution in [2.45, 2.75) is 12.5 Å². The van der Waals surface area contributed by atoms with Gasteiger partial charge in [-0.15, -0.1) is 0 Å². The molecule has 2 aromatic rings. The second kappa shape index (κ2) is 6.11. The van der Waals surface area contributed by atoms with E-state index in [2.05, 4.69) is 5.32 Å². The van der Waals surface area contributed by atoms with Gasteiger partial charge < -0.3 is 11.1 Å². The summed E-state index contributed by atoms with van der Waals surface area (Å²) in [5.74, 6) is -1.76. The van der Waals surface area contributed by atoms with Crippen molar-refractivity contribution in [2.75, 3.05) is 10.2 Å². The minimum atomic E-state index is -0.720. The van der Waals surface area contributed by atoms with Crippen LogP contribution in [0.5, 0.6) is 0 Å². The van der Waals surface area contributed by atoms with Gasteiger partial charge in [-0.1, -0.05) is 0 Å². The van der Waals surface area contributed by atoms with E-state index in [0.717, 1.165) is 4.90 Å². The van der Waals surface area contributed by atoms with Gasteiger partial charge in [0.1, 0.15) is 11.9 Å². The fourth-order valence-electron chi connectivity index (χ4n) is 2.54. The van der Waals surface area contributed by atoms with Crippen molar-refractivity contribution in [2.24, 2.45) is 5.73 Å². The first-order valence-electron chi connectivity index (χ1n) is 7.24. The van der Waals surface area contributed by atoms with Crippen LogP contribution in [0.4, 0.5) is 15.8 Å². The van der Waals surface area contributed by atoms with E-state index in [1.54, 1.807) is 12.1 Å². The molecule has 122 valence electrons. The number of rotatable bonds is 4. The number of amides is 3. The van der Waals surface area contributed by atoms with Crippen LogP contribution in [0.15, 0.2) is 48.5 Å². The third-order valence-corrected chi connectivity index (χ3v) is 3.74. The second-order valence-electron chi connectivity index (χ2n) is 5.39. The van der Waals surface area contributed by atoms with Gasteiger partial charge in [-0.3, -0.25) is 14.4 Å². The van der Waals surface area contributed by atoms with Crippen molar-refractivity contribution in [3.63, 3.8) is 0 Å². The van der Waals surface area contributed by atoms with Crippen LogP contribution in [0.25, 0.3) is 0 Å². The molecular formula is C17H14FN3O3. The normalized spacial score (nSPS) is 17.2. The molecule has 7 heteroatoms. The summed E-state index contributed by atoms with van der Waals surface area (Å²) in [7, 11) is 0. The van der Waals surface area contributed by atoms with Crippen molar-refractivity contribution < 1.29 is 18.8 Å². The summed E-state index contributed by atoms with van der Waals surface area (Å²) in [4.78, 5) is 36.7. The van der Waals surface area contributed by atoms with Gasteiger partial charge in [-0.05, 0) is 48.5 Å². The number of nitrogens with two attached hydrogens (primary N) is 1. The minimum Gasteiger partial charge on any atom is -0.373 e. The monoisotopic (exact) mass is 327 g/mol. The van der Waals surface area contributed by atoms with Gasteiger partial charge in [0.15, 0.2) is 0 Å². The first-order valence-corrected chi connectivity index (χ1v) is 7.24. The standard InChI is InChI=1S/C17H14FN3O3/c18-11-3-7-13(8-4-11)21-15(22)9-14(17(21)24)20-12-5-1-10(2-6-12)16(19)23/h1-8,14,20H,9H2,(H2,19,23)/t14-/m0/s1. The maximum absolute atomic E-state index is 13.0. The van der Waals surface area contributed by atoms with Gasteiger partial charge >= 0.3 is 0 Å². The molecule has 3 rings (SSSR count). The molecular weight excluding hydrogens is 313 g/mol. The zero-order chi connectivity index (χ0) is 17.3. The van der Waals surface area contributed by atoms with Crippen LogP contribution in [-0.4, -0.2) is 23.8 Å². The lowest BCUT2D eigenvalue weighted by molar-refractivity contribution is -0.121. The van der Waals surface area contributed by atoms with Crippen LogP contribution >= 0.6 is 0 Å². The first-order chi connectivity index (χ1) is 11.5. The lowest BCUT2D eigenvalue weighted by Gasteiger charge is -2.16. The highest BCUT2D eigenvalue weighted by Gasteiger charge is 2.39. The summed E-state index contributed by atoms with van der Waals surface area (Å²) in [6.45, 7) is 0. The van der Waals surface area contributed by atoms with Gasteiger partial charge in [0.05, 0.1) is 12.1 Å². The number of nitrogens with one attached hydrogen (secondary N) is 1. The second-order valence-corrected chi connectivity index (χ2v) is 5.39. The highest BCUT2D eigenvalue weighted by molar-refractivity contribution is 6.23. The number of hydrogen-bond acceptors (Lipinski definition) is 4. The predicted molar refractivity (Wildman–Crippen MR) is 85.9 cm³/mol. The van der Waals surface area contributed by atoms with Crippen LogP contribution in [0.3, 0.4) is 0 Å². The molecule has 0 saturated carbocycles. The predicted octanol–water partition coefficient (Wildman–Crippen LogP) is 1.67. The van der Waals surface area contributed by atoms with Gasteiger partial charge in [0, 0.05) is 11.3 Å². The third kappa shape index (κ3) is 2.96. The summed E-state index contributed by atoms with van der Waals surface area (Å²) in [5, 5.41) is 2.96. The lowest BCUT2D eigenvalue weighted by Crippen LogP contribution is -2.34. The Morgan fingerprint density at radius 3 is 2.29 bits per heavy atom. The summed E-state index contributed by atoms with van der Waals surface area (Å²) < 4.78 is 13.0. The van der Waals surface area contributed by atoms with Crippen molar-refractivity contribution in [1.29, 1.82) is 0 Å². The number of carbonyl (C=O) groups is 3. The Kier molecular flexibility index (Phi) is 3.99. The molecule has 1 aliphatic heterocycles. The van der Waals surface area contributed by atoms with E-state index in [-0.39, 0.29) is 12.3 Å². The Hall–Kier alpha value is -3.22. The third-order valence-electron chi connectivity index (χ3n) is 3.74. The van der Waals surface area contributed by atoms with Crippen molar-refractivity contribution in [3.05, 3.63) is 59.9 Å². The van der Waals surface area contributed by atoms with Crippen LogP contribution in [0.1, 0.15) is 16.8 Å². The van der Waals surface area contributed by atoms with E-state index in [4.69, 9.17) is 5.73 Å². The molecule has 0 aliphatic carbocycles. The summed E-state index contributed by atoms with van der Waals surface area (Å²) in [5.41, 5.74) is 6.44. The molecule has 1 saturated heterocycles. The van der Waals surface area contributed by atoms with Crippen LogP contribution in [-0.2, 0) is 9.59 Å². The van der Waals surface area contributed by atoms with Crippen molar-refractivity contribution >= 4 is 29.1 Å². The highest BCUT2D eigenvalue weighted by Crippen LogP contribution is 2.25. The smallest absolute Gasteiger partial charge is 0.256 e. The molecule has 6 nitrogen and oxygen atoms in total. The van der Waals surface area contributed by atoms with Crippen LogP contribution in [0.2, 0.25) is 0 Å². The maximum atomic E-state index is 13.0. The molecule has 0 radical (unpaired) electrons. The zero-order valence-corrected chi connectivity index (χ0v) is 12.5. The molecule has 1 heterocycles. The SMILES string of the molecule is NC(=O)c1ccc(N[C@H]2CC(=O)N(c3ccc(F)cc3)C2=O)cc1. The van der Waals surface area contributed by atoms with Gasteiger partial charge in [0.2, 0.25) is 11.8 Å². The van der Waals surface area contributed by atoms with E-state index >= 15 is 0 Å². The van der Waals surface area contributed by atoms with Crippen LogP contribution in [0, 0.1) is 5.82 Å². The molecule has 0 bridgehead atoms. The van der Waals surface area contributed by atoms with E-state index in [1.807, 2.05) is 0 Å². The molecule has 0 spiro atoms. The average molecular weight is 327 g/mol. The number of halogens is 1. The van der Waals surface area contributed by atoms with Gasteiger partial charge in [-0.25, -0.2) is 9.29 Å². The number of imide groups is 1. The Bertz CT molecular complexity index is 803. The Labute approximate surface area is 137 Å². The molecule has 1 aliphatic rings. The fraction of sp³-hybridized carbons (Fsp3) is 0.118. The zero-order valence-electron chi connectivity index (χ0n) is 12.5. The van der Waals surface area contributed by atoms with E-state index in [1.165, 1.54) is 36.4 Å². The summed E-state index contributed by atoms with van der Waals surface area (Å²) in [6.07, 6.45) is -0.00617. The molecule has 2 aromatic carbocycles. The van der Waals surface area contributed by atoms with E-state index < -0.39 is 23.7 Å². The number of carbonyl (C=O) groups excluding carboxylic acids is 3. The fourth-order valence-corrected chi connectivity index (χ4v) is 2.54. The van der Waals surface area contributed by atoms with E-state index in [0.29, 0.717) is 16.9 Å². The molecule has 1 fully saturated rings. The number of nitrogens with zero attached hydrogens (tertiary/aromatic N) is 1. The van der Waals surface area contributed by atoms with Crippen LogP contribution < -0.4 is 16.0 Å². The van der Waals surface area contributed by atoms with Crippen molar-refractivity contribution in [3.8, 4) is 0 Å². The topological polar surface area (TPSA) is 92.5 Å². The summed E-state index contributed by atoms with van der Waals surface area (Å²) >= 11 is 0. The largest absolute Gasteiger partial charge is 0.373 e. The molecule has 3 N–H and O–H groups in total. The summed E-state index contributed by atoms with van der Waals surface area (Å²) in [6, 6.07) is 10.7. The molecule has 3 amide bonds. The Morgan fingerprint density at radius 2 is 1.71 bits per heavy atom. The van der Waals surface area contributed by atoms with Gasteiger partial charge in [0.25, 0.3) is 5.91 Å². The first kappa shape index (κ1) is 15.7. The maximum Gasteiger partial charge on any atom is 0.256 e. The Balaban J connectivity index is 1.76. The van der Waals surface area contributed by atoms with Gasteiger partial charge in [-0.2, -0.15) is 0 Å². The Morgan fingerprint density at radius 1 is 1.08 bits per heavy atom. The minimum absolute atomic E-state index is 0.00617. The molecule has 0 unspecified atom stereocenters. The number of primary amides is 1. The van der Waals surface area contributed by atoms with Crippen molar-refractivity contribution in [1.82, 2.24) is 0 Å². The number of anilines is 2. The molecule has 24 heavy (non-hydrogen) atoms. The average Bonchev–Trinajstić information content (AvgIpc) is 2.83. The highest BCUT2D eigenvalue weighted by atomic mass is 19.1. The lowest BCUT2D eigenvalue weighted by atomic mass is 10.1. The number of hydrogen-bond donors (Lipinski definition) is 2. The van der Waals surface area contributed by atoms with E-state index in [9.17, 15) is 18.8 Å².